The van der Waals surface area contributed by atoms with Crippen LogP contribution in [0.3, 0.4) is 0 Å². The van der Waals surface area contributed by atoms with Crippen molar-refractivity contribution >= 4 is 5.97 Å². The van der Waals surface area contributed by atoms with Crippen molar-refractivity contribution in [2.75, 3.05) is 7.11 Å². The lowest BCUT2D eigenvalue weighted by molar-refractivity contribution is -0.156. The van der Waals surface area contributed by atoms with E-state index < -0.39 is 11.9 Å². The van der Waals surface area contributed by atoms with Gasteiger partial charge < -0.3 is 23.7 Å². The van der Waals surface area contributed by atoms with Crippen molar-refractivity contribution in [3.63, 3.8) is 0 Å². The largest absolute Gasteiger partial charge is 0.497 e. The van der Waals surface area contributed by atoms with Gasteiger partial charge in [0.25, 0.3) is 0 Å². The standard InChI is InChI=1S/C23H32O6/c1-7-18(26-15-17-9-11-19(25-6)12-10-17)14-22(24)27-16(3)13-21-20(8-2)28-23(4,5)29-21/h7-12,16,18,20-21H,1-2,13-15H2,3-6H3/t16-,18-,20+,21+/m1/s1. The van der Waals surface area contributed by atoms with Crippen LogP contribution in [0.1, 0.15) is 39.2 Å². The molecule has 160 valence electrons. The van der Waals surface area contributed by atoms with Gasteiger partial charge in [-0.15, -0.1) is 13.2 Å². The zero-order chi connectivity index (χ0) is 21.4. The highest BCUT2D eigenvalue weighted by atomic mass is 16.8. The Morgan fingerprint density at radius 2 is 1.93 bits per heavy atom. The first-order valence-corrected chi connectivity index (χ1v) is 9.81. The molecule has 0 N–H and O–H groups in total. The quantitative estimate of drug-likeness (QED) is 0.407. The Balaban J connectivity index is 1.78. The summed E-state index contributed by atoms with van der Waals surface area (Å²) in [6.07, 6.45) is 2.78. The van der Waals surface area contributed by atoms with Gasteiger partial charge in [0.15, 0.2) is 5.79 Å². The molecular weight excluding hydrogens is 372 g/mol. The second-order valence-electron chi connectivity index (χ2n) is 7.55. The van der Waals surface area contributed by atoms with Crippen molar-refractivity contribution < 1.29 is 28.5 Å². The molecule has 1 aromatic rings. The molecule has 1 aliphatic rings. The molecule has 2 rings (SSSR count). The Morgan fingerprint density at radius 1 is 1.24 bits per heavy atom. The molecule has 0 aliphatic carbocycles. The average Bonchev–Trinajstić information content (AvgIpc) is 2.98. The molecule has 1 fully saturated rings. The van der Waals surface area contributed by atoms with Crippen LogP contribution >= 0.6 is 0 Å². The number of carbonyl (C=O) groups is 1. The smallest absolute Gasteiger partial charge is 0.309 e. The SMILES string of the molecule is C=C[C@H](CC(=O)O[C@H](C)C[C@@H]1OC(C)(C)O[C@H]1C=C)OCc1ccc(OC)cc1. The zero-order valence-electron chi connectivity index (χ0n) is 17.8. The Bertz CT molecular complexity index is 681. The van der Waals surface area contributed by atoms with Crippen molar-refractivity contribution in [3.8, 4) is 5.75 Å². The molecular formula is C23H32O6. The van der Waals surface area contributed by atoms with E-state index in [9.17, 15) is 4.79 Å². The summed E-state index contributed by atoms with van der Waals surface area (Å²) in [5, 5.41) is 0. The molecule has 0 radical (unpaired) electrons. The van der Waals surface area contributed by atoms with Crippen LogP contribution in [0.2, 0.25) is 0 Å². The number of esters is 1. The normalized spacial score (nSPS) is 22.5. The number of methoxy groups -OCH3 is 1. The monoisotopic (exact) mass is 404 g/mol. The molecule has 6 heteroatoms. The van der Waals surface area contributed by atoms with E-state index in [1.165, 1.54) is 0 Å². The van der Waals surface area contributed by atoms with Crippen LogP contribution in [-0.2, 0) is 30.3 Å². The van der Waals surface area contributed by atoms with E-state index in [1.54, 1.807) is 19.3 Å². The van der Waals surface area contributed by atoms with E-state index >= 15 is 0 Å². The minimum absolute atomic E-state index is 0.0996. The Hall–Kier alpha value is -2.15. The first kappa shape index (κ1) is 23.1. The lowest BCUT2D eigenvalue weighted by atomic mass is 10.1. The molecule has 0 aromatic heterocycles. The minimum Gasteiger partial charge on any atom is -0.497 e. The van der Waals surface area contributed by atoms with Gasteiger partial charge in [0, 0.05) is 6.42 Å². The average molecular weight is 405 g/mol. The molecule has 0 saturated carbocycles. The zero-order valence-corrected chi connectivity index (χ0v) is 17.8. The van der Waals surface area contributed by atoms with Gasteiger partial charge in [-0.25, -0.2) is 0 Å². The fraction of sp³-hybridized carbons (Fsp3) is 0.522. The van der Waals surface area contributed by atoms with E-state index in [0.29, 0.717) is 13.0 Å². The number of hydrogen-bond acceptors (Lipinski definition) is 6. The number of carbonyl (C=O) groups excluding carboxylic acids is 1. The summed E-state index contributed by atoms with van der Waals surface area (Å²) >= 11 is 0. The predicted octanol–water partition coefficient (Wildman–Crippen LogP) is 4.18. The second-order valence-corrected chi connectivity index (χ2v) is 7.55. The van der Waals surface area contributed by atoms with Crippen molar-refractivity contribution in [2.45, 2.75) is 70.4 Å². The summed E-state index contributed by atoms with van der Waals surface area (Å²) in [6, 6.07) is 7.56. The molecule has 0 amide bonds. The van der Waals surface area contributed by atoms with Crippen LogP contribution in [0.25, 0.3) is 0 Å². The van der Waals surface area contributed by atoms with Gasteiger partial charge in [0.1, 0.15) is 18.0 Å². The maximum Gasteiger partial charge on any atom is 0.309 e. The minimum atomic E-state index is -0.670. The predicted molar refractivity (Wildman–Crippen MR) is 111 cm³/mol. The number of ether oxygens (including phenoxy) is 5. The van der Waals surface area contributed by atoms with Crippen molar-refractivity contribution in [3.05, 3.63) is 55.1 Å². The van der Waals surface area contributed by atoms with E-state index in [0.717, 1.165) is 11.3 Å². The molecule has 1 saturated heterocycles. The van der Waals surface area contributed by atoms with Crippen molar-refractivity contribution in [1.82, 2.24) is 0 Å². The maximum absolute atomic E-state index is 12.3. The lowest BCUT2D eigenvalue weighted by Crippen LogP contribution is -2.29. The summed E-state index contributed by atoms with van der Waals surface area (Å²) < 4.78 is 28.1. The number of benzene rings is 1. The highest BCUT2D eigenvalue weighted by Gasteiger charge is 2.40. The topological polar surface area (TPSA) is 63.2 Å². The van der Waals surface area contributed by atoms with Gasteiger partial charge in [-0.05, 0) is 38.5 Å². The van der Waals surface area contributed by atoms with Crippen LogP contribution in [0, 0.1) is 0 Å². The Labute approximate surface area is 173 Å². The Kier molecular flexibility index (Phi) is 8.44. The van der Waals surface area contributed by atoms with Gasteiger partial charge in [-0.3, -0.25) is 4.79 Å². The molecule has 0 bridgehead atoms. The summed E-state index contributed by atoms with van der Waals surface area (Å²) in [6.45, 7) is 13.5. The third kappa shape index (κ3) is 7.31. The van der Waals surface area contributed by atoms with E-state index in [4.69, 9.17) is 23.7 Å². The van der Waals surface area contributed by atoms with Crippen molar-refractivity contribution in [2.24, 2.45) is 0 Å². The summed E-state index contributed by atoms with van der Waals surface area (Å²) in [7, 11) is 1.62. The molecule has 0 spiro atoms. The van der Waals surface area contributed by atoms with Gasteiger partial charge in [-0.1, -0.05) is 24.3 Å². The van der Waals surface area contributed by atoms with Crippen LogP contribution in [-0.4, -0.2) is 43.3 Å². The van der Waals surface area contributed by atoms with Gasteiger partial charge in [-0.2, -0.15) is 0 Å². The van der Waals surface area contributed by atoms with Crippen LogP contribution < -0.4 is 4.74 Å². The first-order valence-electron chi connectivity index (χ1n) is 9.81. The molecule has 1 aliphatic heterocycles. The van der Waals surface area contributed by atoms with Crippen LogP contribution in [0.4, 0.5) is 0 Å². The first-order chi connectivity index (χ1) is 13.8. The van der Waals surface area contributed by atoms with Crippen LogP contribution in [0.5, 0.6) is 5.75 Å². The van der Waals surface area contributed by atoms with Gasteiger partial charge in [0.05, 0.1) is 32.3 Å². The number of rotatable bonds is 11. The van der Waals surface area contributed by atoms with Crippen LogP contribution in [0.15, 0.2) is 49.6 Å². The molecule has 1 aromatic carbocycles. The number of hydrogen-bond donors (Lipinski definition) is 0. The lowest BCUT2D eigenvalue weighted by Gasteiger charge is -2.21. The fourth-order valence-corrected chi connectivity index (χ4v) is 3.19. The second kappa shape index (κ2) is 10.6. The molecule has 1 heterocycles. The van der Waals surface area contributed by atoms with Gasteiger partial charge in [0.2, 0.25) is 0 Å². The van der Waals surface area contributed by atoms with E-state index in [-0.39, 0.29) is 30.7 Å². The maximum atomic E-state index is 12.3. The molecule has 29 heavy (non-hydrogen) atoms. The summed E-state index contributed by atoms with van der Waals surface area (Å²) in [5.41, 5.74) is 0.982. The van der Waals surface area contributed by atoms with E-state index in [2.05, 4.69) is 13.2 Å². The molecule has 6 nitrogen and oxygen atoms in total. The highest BCUT2D eigenvalue weighted by Crippen LogP contribution is 2.31. The van der Waals surface area contributed by atoms with Crippen molar-refractivity contribution in [1.29, 1.82) is 0 Å². The summed E-state index contributed by atoms with van der Waals surface area (Å²) in [4.78, 5) is 12.3. The van der Waals surface area contributed by atoms with E-state index in [1.807, 2.05) is 45.0 Å². The summed E-state index contributed by atoms with van der Waals surface area (Å²) in [5.74, 6) is -0.230. The third-order valence-corrected chi connectivity index (χ3v) is 4.60. The van der Waals surface area contributed by atoms with Gasteiger partial charge >= 0.3 is 5.97 Å². The third-order valence-electron chi connectivity index (χ3n) is 4.60. The molecule has 0 unspecified atom stereocenters. The molecule has 4 atom stereocenters. The highest BCUT2D eigenvalue weighted by molar-refractivity contribution is 5.70. The fourth-order valence-electron chi connectivity index (χ4n) is 3.19. The Morgan fingerprint density at radius 3 is 2.52 bits per heavy atom.